The maximum atomic E-state index is 6.02. The fourth-order valence-electron chi connectivity index (χ4n) is 2.67. The van der Waals surface area contributed by atoms with Gasteiger partial charge in [0, 0.05) is 43.9 Å². The fourth-order valence-corrected chi connectivity index (χ4v) is 3.06. The van der Waals surface area contributed by atoms with Crippen LogP contribution in [-0.2, 0) is 21.5 Å². The summed E-state index contributed by atoms with van der Waals surface area (Å²) < 4.78 is 12.2. The van der Waals surface area contributed by atoms with Gasteiger partial charge >= 0.3 is 0 Å². The quantitative estimate of drug-likeness (QED) is 0.862. The van der Waals surface area contributed by atoms with Crippen LogP contribution in [0.15, 0.2) is 0 Å². The number of nitrogens with zero attached hydrogens (tertiary/aromatic N) is 1. The molecule has 2 heterocycles. The summed E-state index contributed by atoms with van der Waals surface area (Å²) in [4.78, 5) is 8.00. The topological polar surface area (TPSA) is 47.1 Å². The van der Waals surface area contributed by atoms with Crippen LogP contribution < -0.4 is 0 Å². The molecular weight excluding hydrogens is 260 g/mol. The third-order valence-electron chi connectivity index (χ3n) is 3.74. The van der Waals surface area contributed by atoms with Gasteiger partial charge in [-0.25, -0.2) is 4.98 Å². The molecule has 1 aliphatic rings. The van der Waals surface area contributed by atoms with Crippen molar-refractivity contribution in [3.63, 3.8) is 0 Å². The van der Waals surface area contributed by atoms with Gasteiger partial charge in [-0.3, -0.25) is 0 Å². The zero-order valence-electron chi connectivity index (χ0n) is 11.9. The molecule has 0 amide bonds. The Hall–Kier alpha value is -0.780. The van der Waals surface area contributed by atoms with Crippen molar-refractivity contribution in [3.05, 3.63) is 21.7 Å². The summed E-state index contributed by atoms with van der Waals surface area (Å²) >= 11 is 5.41. The first-order valence-electron chi connectivity index (χ1n) is 6.95. The van der Waals surface area contributed by atoms with Crippen molar-refractivity contribution in [2.45, 2.75) is 45.6 Å². The Balaban J connectivity index is 2.45. The molecule has 0 unspecified atom stereocenters. The van der Waals surface area contributed by atoms with Crippen LogP contribution in [0.1, 0.15) is 43.8 Å². The predicted octanol–water partition coefficient (Wildman–Crippen LogP) is 3.05. The smallest absolute Gasteiger partial charge is 0.140 e. The third kappa shape index (κ3) is 2.88. The first-order chi connectivity index (χ1) is 9.13. The standard InChI is InChI=1S/C14H22N2O2S/c1-4-11-10(3)15-13(16-12(11)19)14(18-5-2)6-8-17-9-7-14/h4-9H2,1-3H3,(H,15,16,19). The van der Waals surface area contributed by atoms with Crippen molar-refractivity contribution in [3.8, 4) is 0 Å². The van der Waals surface area contributed by atoms with E-state index in [0.717, 1.165) is 36.3 Å². The summed E-state index contributed by atoms with van der Waals surface area (Å²) in [5.41, 5.74) is 1.86. The average Bonchev–Trinajstić information content (AvgIpc) is 2.40. The molecule has 1 saturated heterocycles. The van der Waals surface area contributed by atoms with Crippen LogP contribution in [-0.4, -0.2) is 29.8 Å². The van der Waals surface area contributed by atoms with Gasteiger partial charge in [-0.1, -0.05) is 19.1 Å². The van der Waals surface area contributed by atoms with Gasteiger partial charge in [0.25, 0.3) is 0 Å². The lowest BCUT2D eigenvalue weighted by Crippen LogP contribution is -2.38. The molecule has 5 heteroatoms. The number of ether oxygens (including phenoxy) is 2. The molecule has 1 fully saturated rings. The van der Waals surface area contributed by atoms with Gasteiger partial charge in [-0.15, -0.1) is 0 Å². The van der Waals surface area contributed by atoms with Gasteiger partial charge in [0.05, 0.1) is 0 Å². The van der Waals surface area contributed by atoms with E-state index in [1.807, 2.05) is 6.92 Å². The predicted molar refractivity (Wildman–Crippen MR) is 76.9 cm³/mol. The van der Waals surface area contributed by atoms with E-state index >= 15 is 0 Å². The van der Waals surface area contributed by atoms with Crippen molar-refractivity contribution in [2.75, 3.05) is 19.8 Å². The number of aryl methyl sites for hydroxylation is 1. The number of hydrogen-bond acceptors (Lipinski definition) is 4. The summed E-state index contributed by atoms with van der Waals surface area (Å²) in [5.74, 6) is 0.859. The largest absolute Gasteiger partial charge is 0.381 e. The zero-order valence-corrected chi connectivity index (χ0v) is 12.7. The number of hydrogen-bond donors (Lipinski definition) is 1. The van der Waals surface area contributed by atoms with Gasteiger partial charge in [0.1, 0.15) is 16.1 Å². The van der Waals surface area contributed by atoms with Crippen LogP contribution in [0.4, 0.5) is 0 Å². The molecule has 2 rings (SSSR count). The Morgan fingerprint density at radius 3 is 2.58 bits per heavy atom. The normalized spacial score (nSPS) is 18.5. The molecule has 1 N–H and O–H groups in total. The molecule has 1 aromatic heterocycles. The lowest BCUT2D eigenvalue weighted by Gasteiger charge is -2.36. The Morgan fingerprint density at radius 2 is 2.05 bits per heavy atom. The van der Waals surface area contributed by atoms with Crippen LogP contribution in [0, 0.1) is 11.6 Å². The molecule has 0 aliphatic carbocycles. The van der Waals surface area contributed by atoms with Gasteiger partial charge in [0.15, 0.2) is 0 Å². The Bertz CT molecular complexity index is 487. The Kier molecular flexibility index (Phi) is 4.71. The summed E-state index contributed by atoms with van der Waals surface area (Å²) in [6.07, 6.45) is 2.55. The molecular formula is C14H22N2O2S. The molecule has 0 bridgehead atoms. The monoisotopic (exact) mass is 282 g/mol. The maximum Gasteiger partial charge on any atom is 0.140 e. The second-order valence-electron chi connectivity index (χ2n) is 4.89. The lowest BCUT2D eigenvalue weighted by molar-refractivity contribution is -0.118. The van der Waals surface area contributed by atoms with Crippen LogP contribution >= 0.6 is 12.2 Å². The van der Waals surface area contributed by atoms with E-state index in [0.29, 0.717) is 24.5 Å². The van der Waals surface area contributed by atoms with E-state index in [9.17, 15) is 0 Å². The van der Waals surface area contributed by atoms with E-state index in [-0.39, 0.29) is 5.60 Å². The van der Waals surface area contributed by atoms with Crippen molar-refractivity contribution < 1.29 is 9.47 Å². The maximum absolute atomic E-state index is 6.02. The minimum Gasteiger partial charge on any atom is -0.381 e. The van der Waals surface area contributed by atoms with Crippen LogP contribution in [0.25, 0.3) is 0 Å². The first kappa shape index (κ1) is 14.6. The molecule has 0 aromatic carbocycles. The minimum absolute atomic E-state index is 0.364. The van der Waals surface area contributed by atoms with E-state index < -0.39 is 0 Å². The molecule has 19 heavy (non-hydrogen) atoms. The van der Waals surface area contributed by atoms with Gasteiger partial charge in [-0.2, -0.15) is 0 Å². The van der Waals surface area contributed by atoms with Gasteiger partial charge in [0.2, 0.25) is 0 Å². The zero-order chi connectivity index (χ0) is 13.9. The second kappa shape index (κ2) is 6.11. The number of H-pyrrole nitrogens is 1. The highest BCUT2D eigenvalue weighted by atomic mass is 32.1. The Labute approximate surface area is 119 Å². The highest BCUT2D eigenvalue weighted by Crippen LogP contribution is 2.34. The summed E-state index contributed by atoms with van der Waals surface area (Å²) in [5, 5.41) is 0. The van der Waals surface area contributed by atoms with Crippen LogP contribution in [0.5, 0.6) is 0 Å². The van der Waals surface area contributed by atoms with E-state index in [1.54, 1.807) is 0 Å². The van der Waals surface area contributed by atoms with Gasteiger partial charge < -0.3 is 14.5 Å². The Morgan fingerprint density at radius 1 is 1.37 bits per heavy atom. The molecule has 0 spiro atoms. The molecule has 0 radical (unpaired) electrons. The van der Waals surface area contributed by atoms with Crippen molar-refractivity contribution in [2.24, 2.45) is 0 Å². The number of nitrogens with one attached hydrogen (secondary N) is 1. The third-order valence-corrected chi connectivity index (χ3v) is 4.07. The van der Waals surface area contributed by atoms with E-state index in [4.69, 9.17) is 21.7 Å². The number of rotatable bonds is 4. The summed E-state index contributed by atoms with van der Waals surface area (Å²) in [7, 11) is 0. The second-order valence-corrected chi connectivity index (χ2v) is 5.27. The molecule has 4 nitrogen and oxygen atoms in total. The lowest BCUT2D eigenvalue weighted by atomic mass is 9.92. The molecule has 0 atom stereocenters. The van der Waals surface area contributed by atoms with E-state index in [1.165, 1.54) is 0 Å². The van der Waals surface area contributed by atoms with Gasteiger partial charge in [-0.05, 0) is 20.3 Å². The molecule has 1 aliphatic heterocycles. The van der Waals surface area contributed by atoms with E-state index in [2.05, 4.69) is 23.8 Å². The number of aromatic nitrogens is 2. The van der Waals surface area contributed by atoms with Crippen molar-refractivity contribution >= 4 is 12.2 Å². The highest BCUT2D eigenvalue weighted by Gasteiger charge is 2.37. The SMILES string of the molecule is CCOC1(c2nc(=S)c(CC)c(C)[nH]2)CCOCC1. The van der Waals surface area contributed by atoms with Crippen LogP contribution in [0.3, 0.4) is 0 Å². The fraction of sp³-hybridized carbons (Fsp3) is 0.714. The first-order valence-corrected chi connectivity index (χ1v) is 7.35. The summed E-state index contributed by atoms with van der Waals surface area (Å²) in [6.45, 7) is 8.24. The van der Waals surface area contributed by atoms with Crippen LogP contribution in [0.2, 0.25) is 0 Å². The van der Waals surface area contributed by atoms with Crippen molar-refractivity contribution in [1.82, 2.24) is 9.97 Å². The highest BCUT2D eigenvalue weighted by molar-refractivity contribution is 7.71. The minimum atomic E-state index is -0.364. The summed E-state index contributed by atoms with van der Waals surface area (Å²) in [6, 6.07) is 0. The van der Waals surface area contributed by atoms with Crippen molar-refractivity contribution in [1.29, 1.82) is 0 Å². The molecule has 0 saturated carbocycles. The number of aromatic amines is 1. The average molecular weight is 282 g/mol. The molecule has 106 valence electrons. The molecule has 1 aromatic rings.